The molecule has 0 heterocycles. The van der Waals surface area contributed by atoms with E-state index in [2.05, 4.69) is 4.74 Å². The zero-order valence-corrected chi connectivity index (χ0v) is 15.1. The van der Waals surface area contributed by atoms with Gasteiger partial charge >= 0.3 is 18.2 Å². The zero-order chi connectivity index (χ0) is 19.7. The summed E-state index contributed by atoms with van der Waals surface area (Å²) in [5.74, 6) is -1.22. The number of thioether (sulfide) groups is 1. The monoisotopic (exact) mass is 392 g/mol. The van der Waals surface area contributed by atoms with E-state index in [1.165, 1.54) is 22.6 Å². The lowest BCUT2D eigenvalue weighted by atomic mass is 10.1. The standard InChI is InChI=1S/C16H19F3N2O4S/c1-10-3-4-12(7-11(10)2)26-6-5-14(23)25-8-13(22)21-15(24)20-9-16(17,18)19/h3-4,7H,5-6,8-9H2,1-2H3,(H2,20,21,22,24). The number of benzene rings is 1. The Balaban J connectivity index is 2.21. The van der Waals surface area contributed by atoms with E-state index in [0.717, 1.165) is 10.5 Å². The van der Waals surface area contributed by atoms with Gasteiger partial charge in [-0.05, 0) is 37.1 Å². The van der Waals surface area contributed by atoms with Crippen LogP contribution in [0.2, 0.25) is 0 Å². The number of hydrogen-bond acceptors (Lipinski definition) is 5. The molecule has 0 bridgehead atoms. The van der Waals surface area contributed by atoms with Gasteiger partial charge in [0.25, 0.3) is 5.91 Å². The molecule has 0 unspecified atom stereocenters. The molecular weight excluding hydrogens is 373 g/mol. The van der Waals surface area contributed by atoms with Crippen molar-refractivity contribution < 1.29 is 32.3 Å². The van der Waals surface area contributed by atoms with E-state index >= 15 is 0 Å². The minimum absolute atomic E-state index is 0.0468. The molecular formula is C16H19F3N2O4S. The Labute approximate surface area is 152 Å². The van der Waals surface area contributed by atoms with Crippen molar-refractivity contribution in [3.8, 4) is 0 Å². The van der Waals surface area contributed by atoms with E-state index < -0.39 is 37.2 Å². The fourth-order valence-electron chi connectivity index (χ4n) is 1.66. The Morgan fingerprint density at radius 3 is 2.46 bits per heavy atom. The topological polar surface area (TPSA) is 84.5 Å². The number of imide groups is 1. The van der Waals surface area contributed by atoms with Gasteiger partial charge in [0.1, 0.15) is 6.54 Å². The number of aryl methyl sites for hydroxylation is 2. The summed E-state index contributed by atoms with van der Waals surface area (Å²) in [5, 5.41) is 3.09. The van der Waals surface area contributed by atoms with Crippen LogP contribution in [0.15, 0.2) is 23.1 Å². The normalized spacial score (nSPS) is 11.0. The third kappa shape index (κ3) is 9.30. The second-order valence-electron chi connectivity index (χ2n) is 5.35. The van der Waals surface area contributed by atoms with E-state index in [1.54, 1.807) is 5.32 Å². The molecule has 0 aromatic heterocycles. The highest BCUT2D eigenvalue weighted by molar-refractivity contribution is 7.99. The van der Waals surface area contributed by atoms with Crippen molar-refractivity contribution in [2.45, 2.75) is 31.3 Å². The Morgan fingerprint density at radius 1 is 1.15 bits per heavy atom. The van der Waals surface area contributed by atoms with Crippen molar-refractivity contribution in [3.05, 3.63) is 29.3 Å². The molecule has 1 aromatic carbocycles. The molecule has 10 heteroatoms. The first-order valence-corrected chi connectivity index (χ1v) is 8.55. The van der Waals surface area contributed by atoms with Crippen LogP contribution < -0.4 is 10.6 Å². The van der Waals surface area contributed by atoms with Crippen LogP contribution in [0.5, 0.6) is 0 Å². The summed E-state index contributed by atoms with van der Waals surface area (Å²) in [7, 11) is 0. The van der Waals surface area contributed by atoms with Gasteiger partial charge in [-0.2, -0.15) is 13.2 Å². The molecule has 0 saturated heterocycles. The van der Waals surface area contributed by atoms with Crippen molar-refractivity contribution in [3.63, 3.8) is 0 Å². The van der Waals surface area contributed by atoms with Gasteiger partial charge in [-0.15, -0.1) is 11.8 Å². The first-order valence-electron chi connectivity index (χ1n) is 7.57. The zero-order valence-electron chi connectivity index (χ0n) is 14.2. The highest BCUT2D eigenvalue weighted by Crippen LogP contribution is 2.21. The first-order chi connectivity index (χ1) is 12.1. The molecule has 26 heavy (non-hydrogen) atoms. The highest BCUT2D eigenvalue weighted by atomic mass is 32.2. The molecule has 1 aromatic rings. The number of carbonyl (C=O) groups is 3. The number of ether oxygens (including phenoxy) is 1. The van der Waals surface area contributed by atoms with Crippen LogP contribution in [-0.4, -0.2) is 43.0 Å². The van der Waals surface area contributed by atoms with Gasteiger partial charge in [0.05, 0.1) is 6.42 Å². The van der Waals surface area contributed by atoms with Gasteiger partial charge in [-0.1, -0.05) is 6.07 Å². The van der Waals surface area contributed by atoms with Crippen molar-refractivity contribution in [2.75, 3.05) is 18.9 Å². The van der Waals surface area contributed by atoms with Crippen LogP contribution >= 0.6 is 11.8 Å². The number of esters is 1. The summed E-state index contributed by atoms with van der Waals surface area (Å²) in [4.78, 5) is 34.9. The van der Waals surface area contributed by atoms with E-state index in [-0.39, 0.29) is 6.42 Å². The number of rotatable bonds is 7. The number of carbonyl (C=O) groups excluding carboxylic acids is 3. The summed E-state index contributed by atoms with van der Waals surface area (Å²) < 4.78 is 40.3. The largest absolute Gasteiger partial charge is 0.456 e. The van der Waals surface area contributed by atoms with Crippen LogP contribution in [0.25, 0.3) is 0 Å². The third-order valence-corrected chi connectivity index (χ3v) is 4.12. The number of halogens is 3. The average molecular weight is 392 g/mol. The van der Waals surface area contributed by atoms with Gasteiger partial charge in [0, 0.05) is 10.6 Å². The Kier molecular flexibility index (Phi) is 8.43. The second kappa shape index (κ2) is 10.0. The van der Waals surface area contributed by atoms with Gasteiger partial charge < -0.3 is 10.1 Å². The molecule has 0 saturated carbocycles. The predicted molar refractivity (Wildman–Crippen MR) is 89.8 cm³/mol. The Hall–Kier alpha value is -2.23. The lowest BCUT2D eigenvalue weighted by Gasteiger charge is -2.09. The molecule has 0 radical (unpaired) electrons. The van der Waals surface area contributed by atoms with Gasteiger partial charge in [0.2, 0.25) is 0 Å². The predicted octanol–water partition coefficient (Wildman–Crippen LogP) is 2.72. The van der Waals surface area contributed by atoms with Crippen LogP contribution in [0.3, 0.4) is 0 Å². The molecule has 2 N–H and O–H groups in total. The Bertz CT molecular complexity index is 665. The lowest BCUT2D eigenvalue weighted by Crippen LogP contribution is -2.44. The first kappa shape index (κ1) is 21.8. The molecule has 1 rings (SSSR count). The van der Waals surface area contributed by atoms with Crippen LogP contribution in [-0.2, 0) is 14.3 Å². The fraction of sp³-hybridized carbons (Fsp3) is 0.438. The van der Waals surface area contributed by atoms with Crippen molar-refractivity contribution in [1.29, 1.82) is 0 Å². The number of urea groups is 1. The second-order valence-corrected chi connectivity index (χ2v) is 6.52. The smallest absolute Gasteiger partial charge is 0.405 e. The molecule has 144 valence electrons. The summed E-state index contributed by atoms with van der Waals surface area (Å²) in [5.41, 5.74) is 2.30. The molecule has 6 nitrogen and oxygen atoms in total. The third-order valence-electron chi connectivity index (χ3n) is 3.12. The molecule has 0 fully saturated rings. The minimum Gasteiger partial charge on any atom is -0.456 e. The van der Waals surface area contributed by atoms with Crippen LogP contribution in [0.4, 0.5) is 18.0 Å². The average Bonchev–Trinajstić information content (AvgIpc) is 2.54. The maximum atomic E-state index is 11.9. The summed E-state index contributed by atoms with van der Waals surface area (Å²) in [6.07, 6.45) is -4.54. The number of hydrogen-bond donors (Lipinski definition) is 2. The van der Waals surface area contributed by atoms with E-state index in [4.69, 9.17) is 0 Å². The number of nitrogens with one attached hydrogen (secondary N) is 2. The lowest BCUT2D eigenvalue weighted by molar-refractivity contribution is -0.147. The summed E-state index contributed by atoms with van der Waals surface area (Å²) in [6, 6.07) is 4.60. The van der Waals surface area contributed by atoms with Gasteiger partial charge in [-0.25, -0.2) is 4.79 Å². The van der Waals surface area contributed by atoms with E-state index in [1.807, 2.05) is 32.0 Å². The van der Waals surface area contributed by atoms with Crippen molar-refractivity contribution in [1.82, 2.24) is 10.6 Å². The fourth-order valence-corrected chi connectivity index (χ4v) is 2.59. The Morgan fingerprint density at radius 2 is 1.85 bits per heavy atom. The van der Waals surface area contributed by atoms with Gasteiger partial charge in [-0.3, -0.25) is 14.9 Å². The summed E-state index contributed by atoms with van der Waals surface area (Å²) in [6.45, 7) is 1.67. The number of amides is 3. The number of alkyl halides is 3. The van der Waals surface area contributed by atoms with Crippen molar-refractivity contribution >= 4 is 29.7 Å². The molecule has 0 aliphatic heterocycles. The SMILES string of the molecule is Cc1ccc(SCCC(=O)OCC(=O)NC(=O)NCC(F)(F)F)cc1C. The van der Waals surface area contributed by atoms with Crippen molar-refractivity contribution in [2.24, 2.45) is 0 Å². The molecule has 3 amide bonds. The van der Waals surface area contributed by atoms with Gasteiger partial charge in [0.15, 0.2) is 6.61 Å². The minimum atomic E-state index is -4.58. The van der Waals surface area contributed by atoms with Crippen LogP contribution in [0, 0.1) is 13.8 Å². The van der Waals surface area contributed by atoms with E-state index in [9.17, 15) is 27.6 Å². The maximum Gasteiger partial charge on any atom is 0.405 e. The molecule has 0 aliphatic carbocycles. The molecule has 0 atom stereocenters. The molecule has 0 spiro atoms. The quantitative estimate of drug-likeness (QED) is 0.551. The highest BCUT2D eigenvalue weighted by Gasteiger charge is 2.28. The maximum absolute atomic E-state index is 11.9. The molecule has 0 aliphatic rings. The summed E-state index contributed by atoms with van der Waals surface area (Å²) >= 11 is 1.45. The van der Waals surface area contributed by atoms with Crippen LogP contribution in [0.1, 0.15) is 17.5 Å². The van der Waals surface area contributed by atoms with E-state index in [0.29, 0.717) is 5.75 Å².